The lowest BCUT2D eigenvalue weighted by molar-refractivity contribution is -0.127. The molecular formula is C5H12N2O2. The van der Waals surface area contributed by atoms with Crippen LogP contribution in [-0.4, -0.2) is 18.6 Å². The number of carbonyl (C=O) groups excluding carboxylic acids is 1. The third-order valence-electron chi connectivity index (χ3n) is 0.709. The van der Waals surface area contributed by atoms with Gasteiger partial charge in [0.25, 0.3) is 5.91 Å². The zero-order valence-corrected chi connectivity index (χ0v) is 5.68. The second kappa shape index (κ2) is 4.29. The highest BCUT2D eigenvalue weighted by molar-refractivity contribution is 5.76. The van der Waals surface area contributed by atoms with Gasteiger partial charge in [-0.05, 0) is 13.8 Å². The van der Waals surface area contributed by atoms with E-state index in [2.05, 4.69) is 0 Å². The predicted octanol–water partition coefficient (Wildman–Crippen LogP) is -0.599. The van der Waals surface area contributed by atoms with Crippen molar-refractivity contribution < 1.29 is 9.53 Å². The molecule has 1 amide bonds. The monoisotopic (exact) mass is 132 g/mol. The Balaban J connectivity index is 3.17. The number of nitrogens with two attached hydrogens (primary N) is 1. The highest BCUT2D eigenvalue weighted by atomic mass is 16.5. The summed E-state index contributed by atoms with van der Waals surface area (Å²) in [5, 5.41) is 0. The van der Waals surface area contributed by atoms with Crippen LogP contribution in [-0.2, 0) is 9.53 Å². The van der Waals surface area contributed by atoms with Crippen LogP contribution in [0, 0.1) is 0 Å². The van der Waals surface area contributed by atoms with E-state index in [9.17, 15) is 4.79 Å². The zero-order chi connectivity index (χ0) is 7.28. The number of hydrogen-bond acceptors (Lipinski definition) is 3. The first-order valence-electron chi connectivity index (χ1n) is 2.78. The van der Waals surface area contributed by atoms with E-state index in [1.807, 2.05) is 19.3 Å². The second-order valence-corrected chi connectivity index (χ2v) is 1.93. The number of amides is 1. The van der Waals surface area contributed by atoms with Crippen molar-refractivity contribution in [3.63, 3.8) is 0 Å². The number of rotatable bonds is 3. The van der Waals surface area contributed by atoms with Crippen LogP contribution >= 0.6 is 0 Å². The molecular weight excluding hydrogens is 120 g/mol. The fourth-order valence-electron chi connectivity index (χ4n) is 0.284. The van der Waals surface area contributed by atoms with Gasteiger partial charge in [0.2, 0.25) is 0 Å². The Kier molecular flexibility index (Phi) is 4.00. The maximum atomic E-state index is 10.4. The first-order valence-corrected chi connectivity index (χ1v) is 2.78. The van der Waals surface area contributed by atoms with Crippen molar-refractivity contribution in [3.8, 4) is 0 Å². The fourth-order valence-corrected chi connectivity index (χ4v) is 0.284. The molecule has 4 nitrogen and oxygen atoms in total. The third kappa shape index (κ3) is 5.26. The summed E-state index contributed by atoms with van der Waals surface area (Å²) in [6.45, 7) is 3.74. The normalized spacial score (nSPS) is 9.78. The molecule has 0 fully saturated rings. The Bertz CT molecular complexity index is 93.0. The van der Waals surface area contributed by atoms with Gasteiger partial charge in [0.1, 0.15) is 6.61 Å². The molecule has 0 aliphatic heterocycles. The Labute approximate surface area is 54.3 Å². The van der Waals surface area contributed by atoms with Crippen molar-refractivity contribution in [2.45, 2.75) is 20.0 Å². The summed E-state index contributed by atoms with van der Waals surface area (Å²) in [5.41, 5.74) is 1.96. The van der Waals surface area contributed by atoms with Gasteiger partial charge in [-0.15, -0.1) is 0 Å². The van der Waals surface area contributed by atoms with Crippen molar-refractivity contribution in [1.29, 1.82) is 0 Å². The average Bonchev–Trinajstić information content (AvgIpc) is 1.83. The topological polar surface area (TPSA) is 64.3 Å². The fraction of sp³-hybridized carbons (Fsp3) is 0.800. The summed E-state index contributed by atoms with van der Waals surface area (Å²) in [6.07, 6.45) is 0.0716. The van der Waals surface area contributed by atoms with E-state index in [0.29, 0.717) is 0 Å². The van der Waals surface area contributed by atoms with Gasteiger partial charge >= 0.3 is 0 Å². The molecule has 0 aliphatic carbocycles. The molecule has 0 saturated heterocycles. The van der Waals surface area contributed by atoms with Crippen LogP contribution in [0.1, 0.15) is 13.8 Å². The number of hydrazine groups is 1. The van der Waals surface area contributed by atoms with E-state index in [0.717, 1.165) is 0 Å². The molecule has 0 aromatic heterocycles. The molecule has 9 heavy (non-hydrogen) atoms. The number of hydrogen-bond donors (Lipinski definition) is 2. The Morgan fingerprint density at radius 1 is 1.78 bits per heavy atom. The summed E-state index contributed by atoms with van der Waals surface area (Å²) >= 11 is 0. The SMILES string of the molecule is CC(C)OCC(=O)NN. The van der Waals surface area contributed by atoms with Gasteiger partial charge in [-0.3, -0.25) is 10.2 Å². The molecule has 0 spiro atoms. The van der Waals surface area contributed by atoms with Crippen molar-refractivity contribution in [3.05, 3.63) is 0 Å². The maximum absolute atomic E-state index is 10.4. The van der Waals surface area contributed by atoms with Gasteiger partial charge in [-0.25, -0.2) is 5.84 Å². The lowest BCUT2D eigenvalue weighted by Crippen LogP contribution is -2.34. The minimum atomic E-state index is -0.302. The van der Waals surface area contributed by atoms with Crippen LogP contribution in [0.5, 0.6) is 0 Å². The molecule has 0 atom stereocenters. The van der Waals surface area contributed by atoms with Crippen LogP contribution in [0.4, 0.5) is 0 Å². The van der Waals surface area contributed by atoms with E-state index in [4.69, 9.17) is 10.6 Å². The molecule has 0 aromatic rings. The molecule has 4 heteroatoms. The number of ether oxygens (including phenoxy) is 1. The smallest absolute Gasteiger partial charge is 0.259 e. The van der Waals surface area contributed by atoms with E-state index in [1.165, 1.54) is 0 Å². The van der Waals surface area contributed by atoms with Gasteiger partial charge in [-0.2, -0.15) is 0 Å². The molecule has 0 unspecified atom stereocenters. The maximum Gasteiger partial charge on any atom is 0.259 e. The highest BCUT2D eigenvalue weighted by Gasteiger charge is 1.98. The minimum Gasteiger partial charge on any atom is -0.369 e. The molecule has 54 valence electrons. The van der Waals surface area contributed by atoms with Crippen LogP contribution in [0.2, 0.25) is 0 Å². The molecule has 0 bridgehead atoms. The number of carbonyl (C=O) groups is 1. The lowest BCUT2D eigenvalue weighted by Gasteiger charge is -2.04. The van der Waals surface area contributed by atoms with Crippen molar-refractivity contribution >= 4 is 5.91 Å². The quantitative estimate of drug-likeness (QED) is 0.306. The van der Waals surface area contributed by atoms with E-state index >= 15 is 0 Å². The molecule has 0 aromatic carbocycles. The average molecular weight is 132 g/mol. The largest absolute Gasteiger partial charge is 0.369 e. The van der Waals surface area contributed by atoms with Gasteiger partial charge in [-0.1, -0.05) is 0 Å². The molecule has 0 radical (unpaired) electrons. The third-order valence-corrected chi connectivity index (χ3v) is 0.709. The minimum absolute atomic E-state index is 0.0359. The van der Waals surface area contributed by atoms with Gasteiger partial charge < -0.3 is 4.74 Å². The Hall–Kier alpha value is -0.610. The molecule has 0 heterocycles. The number of nitrogens with one attached hydrogen (secondary N) is 1. The van der Waals surface area contributed by atoms with Crippen LogP contribution in [0.25, 0.3) is 0 Å². The zero-order valence-electron chi connectivity index (χ0n) is 5.68. The van der Waals surface area contributed by atoms with E-state index < -0.39 is 0 Å². The summed E-state index contributed by atoms with van der Waals surface area (Å²) < 4.78 is 4.90. The summed E-state index contributed by atoms with van der Waals surface area (Å²) in [7, 11) is 0. The van der Waals surface area contributed by atoms with Gasteiger partial charge in [0.15, 0.2) is 0 Å². The molecule has 0 aliphatic rings. The van der Waals surface area contributed by atoms with E-state index in [1.54, 1.807) is 0 Å². The highest BCUT2D eigenvalue weighted by Crippen LogP contribution is 1.84. The summed E-state index contributed by atoms with van der Waals surface area (Å²) in [6, 6.07) is 0. The Morgan fingerprint density at radius 2 is 2.33 bits per heavy atom. The van der Waals surface area contributed by atoms with Crippen LogP contribution < -0.4 is 11.3 Å². The van der Waals surface area contributed by atoms with Crippen LogP contribution in [0.3, 0.4) is 0 Å². The van der Waals surface area contributed by atoms with E-state index in [-0.39, 0.29) is 18.6 Å². The molecule has 3 N–H and O–H groups in total. The van der Waals surface area contributed by atoms with Crippen molar-refractivity contribution in [2.24, 2.45) is 5.84 Å². The molecule has 0 saturated carbocycles. The van der Waals surface area contributed by atoms with Gasteiger partial charge in [0.05, 0.1) is 6.10 Å². The summed E-state index contributed by atoms with van der Waals surface area (Å²) in [5.74, 6) is 4.48. The second-order valence-electron chi connectivity index (χ2n) is 1.93. The van der Waals surface area contributed by atoms with Crippen molar-refractivity contribution in [1.82, 2.24) is 5.43 Å². The van der Waals surface area contributed by atoms with Crippen LogP contribution in [0.15, 0.2) is 0 Å². The first kappa shape index (κ1) is 8.39. The Morgan fingerprint density at radius 3 is 2.67 bits per heavy atom. The predicted molar refractivity (Wildman–Crippen MR) is 33.4 cm³/mol. The molecule has 0 rings (SSSR count). The standard InChI is InChI=1S/C5H12N2O2/c1-4(2)9-3-5(8)7-6/h4H,3,6H2,1-2H3,(H,7,8). The summed E-state index contributed by atoms with van der Waals surface area (Å²) in [4.78, 5) is 10.4. The lowest BCUT2D eigenvalue weighted by atomic mass is 10.5. The van der Waals surface area contributed by atoms with Crippen molar-refractivity contribution in [2.75, 3.05) is 6.61 Å². The first-order chi connectivity index (χ1) is 4.16. The van der Waals surface area contributed by atoms with Gasteiger partial charge in [0, 0.05) is 0 Å².